The molecule has 0 heterocycles. The molecule has 0 radical (unpaired) electrons. The summed E-state index contributed by atoms with van der Waals surface area (Å²) in [6, 6.07) is 22.9. The Morgan fingerprint density at radius 1 is 1.00 bits per heavy atom. The predicted molar refractivity (Wildman–Crippen MR) is 95.7 cm³/mol. The van der Waals surface area contributed by atoms with Gasteiger partial charge in [0.2, 0.25) is 0 Å². The maximum absolute atomic E-state index is 3.78. The zero-order valence-corrected chi connectivity index (χ0v) is 14.0. The number of hydrogen-bond donors (Lipinski definition) is 0. The van der Waals surface area contributed by atoms with Gasteiger partial charge in [-0.15, -0.1) is 5.73 Å². The van der Waals surface area contributed by atoms with Crippen LogP contribution < -0.4 is 5.19 Å². The molecule has 0 saturated heterocycles. The summed E-state index contributed by atoms with van der Waals surface area (Å²) in [5.74, 6) is 0.520. The van der Waals surface area contributed by atoms with E-state index in [0.717, 1.165) is 6.42 Å². The van der Waals surface area contributed by atoms with Gasteiger partial charge in [-0.2, -0.15) is 0 Å². The molecule has 108 valence electrons. The highest BCUT2D eigenvalue weighted by Gasteiger charge is 2.26. The van der Waals surface area contributed by atoms with Crippen molar-refractivity contribution in [1.82, 2.24) is 0 Å². The van der Waals surface area contributed by atoms with Crippen molar-refractivity contribution in [2.45, 2.75) is 25.6 Å². The predicted octanol–water partition coefficient (Wildman–Crippen LogP) is 4.80. The van der Waals surface area contributed by atoms with Crippen molar-refractivity contribution in [3.63, 3.8) is 0 Å². The van der Waals surface area contributed by atoms with E-state index in [4.69, 9.17) is 0 Å². The third-order valence-electron chi connectivity index (χ3n) is 4.02. The van der Waals surface area contributed by atoms with Crippen molar-refractivity contribution in [2.24, 2.45) is 5.92 Å². The van der Waals surface area contributed by atoms with Gasteiger partial charge in [0.15, 0.2) is 0 Å². The smallest absolute Gasteiger partial charge is 0.0812 e. The molecule has 0 bridgehead atoms. The molecule has 1 atom stereocenters. The third-order valence-corrected chi connectivity index (χ3v) is 7.46. The molecule has 2 aromatic carbocycles. The highest BCUT2D eigenvalue weighted by molar-refractivity contribution is 6.89. The number of hydrogen-bond acceptors (Lipinski definition) is 0. The zero-order chi connectivity index (χ0) is 15.1. The van der Waals surface area contributed by atoms with Crippen molar-refractivity contribution in [2.75, 3.05) is 0 Å². The number of benzene rings is 2. The summed E-state index contributed by atoms with van der Waals surface area (Å²) >= 11 is 0. The first-order chi connectivity index (χ1) is 10.1. The van der Waals surface area contributed by atoms with Crippen molar-refractivity contribution in [3.8, 4) is 0 Å². The van der Waals surface area contributed by atoms with Crippen LogP contribution in [-0.4, -0.2) is 8.07 Å². The molecule has 0 N–H and O–H groups in total. The summed E-state index contributed by atoms with van der Waals surface area (Å²) < 4.78 is 0. The molecule has 0 aliphatic heterocycles. The molecule has 2 aromatic rings. The van der Waals surface area contributed by atoms with Crippen molar-refractivity contribution >= 4 is 13.3 Å². The molecular formula is C20H24Si. The fourth-order valence-corrected chi connectivity index (χ4v) is 5.84. The Kier molecular flexibility index (Phi) is 5.38. The second-order valence-electron chi connectivity index (χ2n) is 6.27. The summed E-state index contributed by atoms with van der Waals surface area (Å²) in [6.07, 6.45) is 3.23. The molecule has 1 heteroatoms. The van der Waals surface area contributed by atoms with Gasteiger partial charge in [0.1, 0.15) is 0 Å². The van der Waals surface area contributed by atoms with Gasteiger partial charge in [0.05, 0.1) is 8.07 Å². The Labute approximate surface area is 129 Å². The molecule has 21 heavy (non-hydrogen) atoms. The molecule has 0 aliphatic carbocycles. The van der Waals surface area contributed by atoms with E-state index in [1.807, 2.05) is 0 Å². The van der Waals surface area contributed by atoms with E-state index in [9.17, 15) is 0 Å². The summed E-state index contributed by atoms with van der Waals surface area (Å²) in [5.41, 5.74) is 4.40. The Bertz CT molecular complexity index is 592. The van der Waals surface area contributed by atoms with Gasteiger partial charge in [-0.05, 0) is 30.0 Å². The van der Waals surface area contributed by atoms with Crippen LogP contribution in [0.4, 0.5) is 0 Å². The lowest BCUT2D eigenvalue weighted by molar-refractivity contribution is 0.712. The molecule has 0 aliphatic rings. The quantitative estimate of drug-likeness (QED) is 0.530. The summed E-state index contributed by atoms with van der Waals surface area (Å²) in [7, 11) is -1.43. The first-order valence-electron chi connectivity index (χ1n) is 7.57. The zero-order valence-electron chi connectivity index (χ0n) is 13.0. The monoisotopic (exact) mass is 292 g/mol. The first-order valence-corrected chi connectivity index (χ1v) is 10.8. The largest absolute Gasteiger partial charge is 0.133 e. The lowest BCUT2D eigenvalue weighted by atomic mass is 10.0. The normalized spacial score (nSPS) is 12.5. The molecule has 0 aromatic heterocycles. The van der Waals surface area contributed by atoms with Gasteiger partial charge >= 0.3 is 0 Å². The SMILES string of the molecule is C=C=CC(Cc1ccccc1)C[Si](C)(C)c1ccccc1. The Balaban J connectivity index is 2.14. The number of rotatable bonds is 6. The van der Waals surface area contributed by atoms with Crippen LogP contribution in [0.25, 0.3) is 0 Å². The van der Waals surface area contributed by atoms with E-state index < -0.39 is 8.07 Å². The van der Waals surface area contributed by atoms with Crippen LogP contribution in [0.5, 0.6) is 0 Å². The van der Waals surface area contributed by atoms with Crippen LogP contribution in [0.2, 0.25) is 19.1 Å². The minimum atomic E-state index is -1.43. The van der Waals surface area contributed by atoms with E-state index in [1.54, 1.807) is 0 Å². The summed E-state index contributed by atoms with van der Waals surface area (Å²) in [6.45, 7) is 8.69. The topological polar surface area (TPSA) is 0 Å². The molecular weight excluding hydrogens is 268 g/mol. The molecule has 1 unspecified atom stereocenters. The Morgan fingerprint density at radius 2 is 1.57 bits per heavy atom. The van der Waals surface area contributed by atoms with Crippen LogP contribution in [0.3, 0.4) is 0 Å². The van der Waals surface area contributed by atoms with Gasteiger partial charge in [-0.3, -0.25) is 0 Å². The Morgan fingerprint density at radius 3 is 2.14 bits per heavy atom. The van der Waals surface area contributed by atoms with Gasteiger partial charge in [-0.1, -0.05) is 85.5 Å². The van der Waals surface area contributed by atoms with E-state index in [0.29, 0.717) is 5.92 Å². The van der Waals surface area contributed by atoms with Crippen LogP contribution in [0.15, 0.2) is 79.0 Å². The van der Waals surface area contributed by atoms with Crippen molar-refractivity contribution in [3.05, 3.63) is 84.6 Å². The maximum atomic E-state index is 3.78. The minimum absolute atomic E-state index is 0.520. The average Bonchev–Trinajstić information content (AvgIpc) is 2.49. The second kappa shape index (κ2) is 7.26. The summed E-state index contributed by atoms with van der Waals surface area (Å²) in [5, 5.41) is 1.53. The average molecular weight is 292 g/mol. The molecule has 0 nitrogen and oxygen atoms in total. The van der Waals surface area contributed by atoms with Crippen LogP contribution in [0.1, 0.15) is 5.56 Å². The fraction of sp³-hybridized carbons (Fsp3) is 0.250. The van der Waals surface area contributed by atoms with Crippen molar-refractivity contribution < 1.29 is 0 Å². The molecule has 0 amide bonds. The second-order valence-corrected chi connectivity index (χ2v) is 11.0. The van der Waals surface area contributed by atoms with Gasteiger partial charge < -0.3 is 0 Å². The van der Waals surface area contributed by atoms with E-state index in [2.05, 4.69) is 92.1 Å². The van der Waals surface area contributed by atoms with Crippen LogP contribution in [0, 0.1) is 5.92 Å². The van der Waals surface area contributed by atoms with Gasteiger partial charge in [0, 0.05) is 0 Å². The standard InChI is InChI=1S/C20H24Si/c1-4-11-19(16-18-12-7-5-8-13-18)17-21(2,3)20-14-9-6-10-15-20/h5-15,19H,1,16-17H2,2-3H3. The Hall–Kier alpha value is -1.82. The lowest BCUT2D eigenvalue weighted by Crippen LogP contribution is -2.42. The van der Waals surface area contributed by atoms with E-state index >= 15 is 0 Å². The van der Waals surface area contributed by atoms with E-state index in [1.165, 1.54) is 16.8 Å². The number of allylic oxidation sites excluding steroid dienone is 1. The molecule has 0 fully saturated rings. The highest BCUT2D eigenvalue weighted by Crippen LogP contribution is 2.22. The maximum Gasteiger partial charge on any atom is 0.0812 e. The van der Waals surface area contributed by atoms with Crippen LogP contribution >= 0.6 is 0 Å². The lowest BCUT2D eigenvalue weighted by Gasteiger charge is -2.27. The first kappa shape index (κ1) is 15.6. The minimum Gasteiger partial charge on any atom is -0.133 e. The molecule has 0 spiro atoms. The molecule has 2 rings (SSSR count). The summed E-state index contributed by atoms with van der Waals surface area (Å²) in [4.78, 5) is 0. The molecule has 0 saturated carbocycles. The fourth-order valence-electron chi connectivity index (χ4n) is 2.94. The highest BCUT2D eigenvalue weighted by atomic mass is 28.3. The van der Waals surface area contributed by atoms with Crippen molar-refractivity contribution in [1.29, 1.82) is 0 Å². The van der Waals surface area contributed by atoms with Gasteiger partial charge in [-0.25, -0.2) is 0 Å². The van der Waals surface area contributed by atoms with E-state index in [-0.39, 0.29) is 0 Å². The van der Waals surface area contributed by atoms with Gasteiger partial charge in [0.25, 0.3) is 0 Å². The third kappa shape index (κ3) is 4.59. The van der Waals surface area contributed by atoms with Crippen LogP contribution in [-0.2, 0) is 6.42 Å².